The fraction of sp³-hybridized carbons (Fsp3) is 0.556. The first-order chi connectivity index (χ1) is 7.97. The van der Waals surface area contributed by atoms with Crippen LogP contribution in [0.3, 0.4) is 0 Å². The van der Waals surface area contributed by atoms with Crippen LogP contribution in [0, 0.1) is 17.0 Å². The maximum absolute atomic E-state index is 11.2. The summed E-state index contributed by atoms with van der Waals surface area (Å²) in [5.41, 5.74) is 0. The van der Waals surface area contributed by atoms with Crippen molar-refractivity contribution in [3.05, 3.63) is 22.1 Å². The molecule has 0 saturated carbocycles. The number of aliphatic hydroxyl groups is 1. The Balaban J connectivity index is 2.84. The van der Waals surface area contributed by atoms with Gasteiger partial charge >= 0.3 is 11.8 Å². The summed E-state index contributed by atoms with van der Waals surface area (Å²) < 4.78 is 5.75. The second-order valence-corrected chi connectivity index (χ2v) is 3.30. The third-order valence-electron chi connectivity index (χ3n) is 2.14. The van der Waals surface area contributed by atoms with Crippen molar-refractivity contribution in [1.82, 2.24) is 9.55 Å². The van der Waals surface area contributed by atoms with Gasteiger partial charge in [0.2, 0.25) is 0 Å². The first kappa shape index (κ1) is 13.1. The number of hydrogen-bond donors (Lipinski definition) is 1. The van der Waals surface area contributed by atoms with Crippen molar-refractivity contribution in [1.29, 1.82) is 0 Å². The van der Waals surface area contributed by atoms with Gasteiger partial charge in [-0.2, -0.15) is 0 Å². The lowest BCUT2D eigenvalue weighted by molar-refractivity contribution is -0.392. The fourth-order valence-corrected chi connectivity index (χ4v) is 1.31. The Labute approximate surface area is 97.0 Å². The van der Waals surface area contributed by atoms with Crippen molar-refractivity contribution in [3.63, 3.8) is 0 Å². The number of nitro groups is 1. The van der Waals surface area contributed by atoms with Crippen molar-refractivity contribution in [2.45, 2.75) is 26.5 Å². The smallest absolute Gasteiger partial charge is 0.342 e. The number of imidazole rings is 1. The van der Waals surface area contributed by atoms with Gasteiger partial charge in [0.1, 0.15) is 12.7 Å². The summed E-state index contributed by atoms with van der Waals surface area (Å²) in [5.74, 6) is -0.735. The van der Waals surface area contributed by atoms with Crippen LogP contribution in [-0.4, -0.2) is 38.3 Å². The van der Waals surface area contributed by atoms with E-state index in [1.807, 2.05) is 0 Å². The van der Waals surface area contributed by atoms with E-state index in [9.17, 15) is 20.0 Å². The molecule has 0 radical (unpaired) electrons. The topological polar surface area (TPSA) is 107 Å². The van der Waals surface area contributed by atoms with Gasteiger partial charge in [0.15, 0.2) is 11.9 Å². The number of aryl methyl sites for hydroxylation is 1. The van der Waals surface area contributed by atoms with Gasteiger partial charge in [0.05, 0.1) is 6.61 Å². The van der Waals surface area contributed by atoms with Gasteiger partial charge in [-0.3, -0.25) is 0 Å². The van der Waals surface area contributed by atoms with E-state index in [0.29, 0.717) is 5.82 Å². The third kappa shape index (κ3) is 3.00. The van der Waals surface area contributed by atoms with Crippen molar-refractivity contribution in [3.8, 4) is 0 Å². The molecule has 1 aromatic rings. The number of ether oxygens (including phenoxy) is 1. The zero-order valence-corrected chi connectivity index (χ0v) is 9.49. The lowest BCUT2D eigenvalue weighted by atomic mass is 10.3. The number of aromatic nitrogens is 2. The van der Waals surface area contributed by atoms with Crippen LogP contribution >= 0.6 is 0 Å². The molecule has 0 fully saturated rings. The summed E-state index contributed by atoms with van der Waals surface area (Å²) in [6, 6.07) is 0. The molecule has 1 atom stereocenters. The summed E-state index contributed by atoms with van der Waals surface area (Å²) in [6.45, 7) is 3.04. The number of carbonyl (C=O) groups is 1. The lowest BCUT2D eigenvalue weighted by Crippen LogP contribution is -2.28. The van der Waals surface area contributed by atoms with Crippen molar-refractivity contribution in [2.75, 3.05) is 6.61 Å². The average Bonchev–Trinajstić information content (AvgIpc) is 2.61. The Kier molecular flexibility index (Phi) is 4.16. The van der Waals surface area contributed by atoms with Gasteiger partial charge in [-0.05, 0) is 11.8 Å². The molecule has 1 unspecified atom stereocenters. The van der Waals surface area contributed by atoms with Crippen LogP contribution in [0.25, 0.3) is 0 Å². The van der Waals surface area contributed by atoms with Crippen molar-refractivity contribution >= 4 is 11.8 Å². The molecule has 0 aliphatic heterocycles. The van der Waals surface area contributed by atoms with Gasteiger partial charge in [-0.1, -0.05) is 0 Å². The monoisotopic (exact) mass is 243 g/mol. The molecule has 0 aromatic carbocycles. The van der Waals surface area contributed by atoms with E-state index in [-0.39, 0.29) is 19.0 Å². The van der Waals surface area contributed by atoms with Crippen molar-refractivity contribution < 1.29 is 19.6 Å². The van der Waals surface area contributed by atoms with E-state index < -0.39 is 17.0 Å². The van der Waals surface area contributed by atoms with Crippen LogP contribution in [0.2, 0.25) is 0 Å². The highest BCUT2D eigenvalue weighted by Gasteiger charge is 2.25. The normalized spacial score (nSPS) is 12.2. The molecule has 94 valence electrons. The van der Waals surface area contributed by atoms with Crippen LogP contribution in [0.15, 0.2) is 6.20 Å². The largest absolute Gasteiger partial charge is 0.464 e. The minimum Gasteiger partial charge on any atom is -0.464 e. The highest BCUT2D eigenvalue weighted by Crippen LogP contribution is 2.14. The molecule has 1 N–H and O–H groups in total. The molecule has 1 rings (SSSR count). The third-order valence-corrected chi connectivity index (χ3v) is 2.14. The molecule has 0 aliphatic rings. The number of carbonyl (C=O) groups excluding carboxylic acids is 1. The molecule has 0 amide bonds. The highest BCUT2D eigenvalue weighted by atomic mass is 16.6. The Hall–Kier alpha value is -1.96. The van der Waals surface area contributed by atoms with E-state index in [0.717, 1.165) is 10.8 Å². The predicted octanol–water partition coefficient (Wildman–Crippen LogP) is 0.0237. The van der Waals surface area contributed by atoms with Crippen LogP contribution in [0.4, 0.5) is 5.82 Å². The van der Waals surface area contributed by atoms with E-state index in [1.165, 1.54) is 0 Å². The summed E-state index contributed by atoms with van der Waals surface area (Å²) in [6.07, 6.45) is -0.366. The number of nitrogens with zero attached hydrogens (tertiary/aromatic N) is 3. The second kappa shape index (κ2) is 5.39. The lowest BCUT2D eigenvalue weighted by Gasteiger charge is -2.09. The van der Waals surface area contributed by atoms with Gasteiger partial charge in [0.25, 0.3) is 0 Å². The number of hydrogen-bond acceptors (Lipinski definition) is 6. The molecule has 1 aromatic heterocycles. The van der Waals surface area contributed by atoms with Gasteiger partial charge < -0.3 is 20.0 Å². The molecule has 17 heavy (non-hydrogen) atoms. The standard InChI is InChI=1S/C9H13N3O5/c1-3-17-9(14)7(13)5-11-6(2)10-4-8(11)12(15)16/h4,7,13H,3,5H2,1-2H3. The first-order valence-corrected chi connectivity index (χ1v) is 4.98. The fourth-order valence-electron chi connectivity index (χ4n) is 1.31. The zero-order valence-electron chi connectivity index (χ0n) is 9.49. The maximum atomic E-state index is 11.2. The summed E-state index contributed by atoms with van der Waals surface area (Å²) in [4.78, 5) is 25.0. The molecule has 0 saturated heterocycles. The molecule has 8 nitrogen and oxygen atoms in total. The number of rotatable bonds is 5. The average molecular weight is 243 g/mol. The summed E-state index contributed by atoms with van der Waals surface area (Å²) in [7, 11) is 0. The Morgan fingerprint density at radius 3 is 2.94 bits per heavy atom. The minimum absolute atomic E-state index is 0.140. The highest BCUT2D eigenvalue weighted by molar-refractivity contribution is 5.74. The van der Waals surface area contributed by atoms with E-state index in [1.54, 1.807) is 13.8 Å². The Morgan fingerprint density at radius 2 is 2.41 bits per heavy atom. The first-order valence-electron chi connectivity index (χ1n) is 4.98. The number of aliphatic hydroxyl groups excluding tert-OH is 1. The van der Waals surface area contributed by atoms with Crippen LogP contribution < -0.4 is 0 Å². The molecule has 0 aliphatic carbocycles. The molecular weight excluding hydrogens is 230 g/mol. The van der Waals surface area contributed by atoms with E-state index >= 15 is 0 Å². The minimum atomic E-state index is -1.44. The zero-order chi connectivity index (χ0) is 13.0. The second-order valence-electron chi connectivity index (χ2n) is 3.30. The number of esters is 1. The van der Waals surface area contributed by atoms with Crippen LogP contribution in [-0.2, 0) is 16.1 Å². The predicted molar refractivity (Wildman–Crippen MR) is 56.3 cm³/mol. The molecule has 0 bridgehead atoms. The quantitative estimate of drug-likeness (QED) is 0.444. The molecule has 1 heterocycles. The Morgan fingerprint density at radius 1 is 1.76 bits per heavy atom. The Bertz CT molecular complexity index is 428. The SMILES string of the molecule is CCOC(=O)C(O)Cn1c([N+](=O)[O-])cnc1C. The van der Waals surface area contributed by atoms with Gasteiger partial charge in [-0.15, -0.1) is 0 Å². The van der Waals surface area contributed by atoms with Crippen LogP contribution in [0.1, 0.15) is 12.7 Å². The molecule has 0 spiro atoms. The van der Waals surface area contributed by atoms with Crippen LogP contribution in [0.5, 0.6) is 0 Å². The van der Waals surface area contributed by atoms with Gasteiger partial charge in [-0.25, -0.2) is 14.3 Å². The van der Waals surface area contributed by atoms with E-state index in [4.69, 9.17) is 0 Å². The summed E-state index contributed by atoms with van der Waals surface area (Å²) >= 11 is 0. The molecular formula is C9H13N3O5. The summed E-state index contributed by atoms with van der Waals surface area (Å²) in [5, 5.41) is 20.2. The molecule has 8 heteroatoms. The maximum Gasteiger partial charge on any atom is 0.342 e. The van der Waals surface area contributed by atoms with Crippen molar-refractivity contribution in [2.24, 2.45) is 0 Å². The van der Waals surface area contributed by atoms with Gasteiger partial charge in [0, 0.05) is 6.92 Å². The van der Waals surface area contributed by atoms with E-state index in [2.05, 4.69) is 9.72 Å².